The van der Waals surface area contributed by atoms with E-state index in [-0.39, 0.29) is 5.78 Å². The average Bonchev–Trinajstić information content (AvgIpc) is 2.90. The Bertz CT molecular complexity index is 533. The van der Waals surface area contributed by atoms with Crippen LogP contribution in [0.15, 0.2) is 35.7 Å². The molecular weight excluding hydrogens is 248 g/mol. The van der Waals surface area contributed by atoms with E-state index in [4.69, 9.17) is 4.74 Å². The van der Waals surface area contributed by atoms with Gasteiger partial charge in [-0.05, 0) is 54.9 Å². The molecule has 2 aromatic rings. The first kappa shape index (κ1) is 12.4. The Hall–Kier alpha value is -2.01. The van der Waals surface area contributed by atoms with Crippen LogP contribution in [0.1, 0.15) is 23.0 Å². The average molecular weight is 260 g/mol. The van der Waals surface area contributed by atoms with E-state index in [0.29, 0.717) is 17.9 Å². The molecule has 0 N–H and O–H groups in total. The molecule has 0 amide bonds. The molecule has 0 saturated carbocycles. The van der Waals surface area contributed by atoms with Gasteiger partial charge < -0.3 is 4.74 Å². The first-order chi connectivity index (χ1) is 8.79. The van der Waals surface area contributed by atoms with E-state index in [0.717, 1.165) is 5.75 Å². The van der Waals surface area contributed by atoms with Crippen molar-refractivity contribution in [2.24, 2.45) is 0 Å². The van der Waals surface area contributed by atoms with Gasteiger partial charge in [-0.2, -0.15) is 0 Å². The lowest BCUT2D eigenvalue weighted by Crippen LogP contribution is -1.95. The second-order valence-corrected chi connectivity index (χ2v) is 4.09. The number of carbonyl (C=O) groups is 1. The van der Waals surface area contributed by atoms with Crippen LogP contribution in [-0.4, -0.2) is 22.0 Å². The number of ether oxygens (including phenoxy) is 1. The van der Waals surface area contributed by atoms with Crippen LogP contribution in [0.25, 0.3) is 6.08 Å². The van der Waals surface area contributed by atoms with Gasteiger partial charge in [0.1, 0.15) is 5.75 Å². The molecule has 1 aromatic carbocycles. The topological polar surface area (TPSA) is 52.1 Å². The zero-order valence-corrected chi connectivity index (χ0v) is 10.7. The molecule has 1 heterocycles. The van der Waals surface area contributed by atoms with Crippen LogP contribution in [0.4, 0.5) is 0 Å². The molecule has 0 saturated heterocycles. The van der Waals surface area contributed by atoms with Gasteiger partial charge in [-0.25, -0.2) is 0 Å². The number of aromatic nitrogens is 2. The number of hydrogen-bond acceptors (Lipinski definition) is 5. The van der Waals surface area contributed by atoms with Crippen molar-refractivity contribution in [3.63, 3.8) is 0 Å². The summed E-state index contributed by atoms with van der Waals surface area (Å²) in [6, 6.07) is 7.07. The Balaban J connectivity index is 2.04. The van der Waals surface area contributed by atoms with Gasteiger partial charge in [0.2, 0.25) is 0 Å². The predicted molar refractivity (Wildman–Crippen MR) is 70.9 cm³/mol. The van der Waals surface area contributed by atoms with Crippen molar-refractivity contribution < 1.29 is 9.53 Å². The van der Waals surface area contributed by atoms with Gasteiger partial charge in [-0.1, -0.05) is 4.49 Å². The van der Waals surface area contributed by atoms with Gasteiger partial charge in [0, 0.05) is 10.9 Å². The van der Waals surface area contributed by atoms with Gasteiger partial charge in [0.25, 0.3) is 0 Å². The summed E-state index contributed by atoms with van der Waals surface area (Å²) >= 11 is 1.25. The molecule has 0 atom stereocenters. The molecule has 4 nitrogen and oxygen atoms in total. The zero-order valence-electron chi connectivity index (χ0n) is 9.87. The van der Waals surface area contributed by atoms with Crippen molar-refractivity contribution in [1.29, 1.82) is 0 Å². The summed E-state index contributed by atoms with van der Waals surface area (Å²) in [7, 11) is 0. The molecule has 0 fully saturated rings. The predicted octanol–water partition coefficient (Wildman–Crippen LogP) is 2.83. The van der Waals surface area contributed by atoms with Crippen molar-refractivity contribution in [1.82, 2.24) is 9.59 Å². The van der Waals surface area contributed by atoms with Crippen LogP contribution in [0.2, 0.25) is 0 Å². The van der Waals surface area contributed by atoms with Crippen LogP contribution >= 0.6 is 11.5 Å². The number of hydrogen-bond donors (Lipinski definition) is 0. The van der Waals surface area contributed by atoms with Crippen LogP contribution in [0.3, 0.4) is 0 Å². The Kier molecular flexibility index (Phi) is 4.20. The monoisotopic (exact) mass is 260 g/mol. The van der Waals surface area contributed by atoms with Crippen molar-refractivity contribution in [3.05, 3.63) is 47.0 Å². The zero-order chi connectivity index (χ0) is 12.8. The standard InChI is InChI=1S/C13H12N2O2S/c1-2-17-12-6-3-10(4-7-12)13(16)8-5-11-9-18-15-14-11/h3-9H,2H2,1H3. The third kappa shape index (κ3) is 3.24. The molecule has 0 aliphatic rings. The summed E-state index contributed by atoms with van der Waals surface area (Å²) in [6.07, 6.45) is 3.15. The van der Waals surface area contributed by atoms with E-state index in [1.807, 2.05) is 6.92 Å². The molecule has 92 valence electrons. The third-order valence-corrected chi connectivity index (χ3v) is 2.76. The van der Waals surface area contributed by atoms with E-state index in [9.17, 15) is 4.79 Å². The summed E-state index contributed by atoms with van der Waals surface area (Å²) in [6.45, 7) is 2.54. The van der Waals surface area contributed by atoms with Crippen molar-refractivity contribution in [3.8, 4) is 5.75 Å². The number of benzene rings is 1. The van der Waals surface area contributed by atoms with Gasteiger partial charge >= 0.3 is 0 Å². The summed E-state index contributed by atoms with van der Waals surface area (Å²) in [5.74, 6) is 0.702. The van der Waals surface area contributed by atoms with Gasteiger partial charge in [0.15, 0.2) is 5.78 Å². The smallest absolute Gasteiger partial charge is 0.185 e. The van der Waals surface area contributed by atoms with Crippen molar-refractivity contribution >= 4 is 23.4 Å². The molecule has 18 heavy (non-hydrogen) atoms. The molecule has 0 radical (unpaired) electrons. The number of allylic oxidation sites excluding steroid dienone is 1. The van der Waals surface area contributed by atoms with Crippen LogP contribution < -0.4 is 4.74 Å². The van der Waals surface area contributed by atoms with E-state index >= 15 is 0 Å². The fourth-order valence-corrected chi connectivity index (χ4v) is 1.81. The summed E-state index contributed by atoms with van der Waals surface area (Å²) in [4.78, 5) is 11.8. The first-order valence-electron chi connectivity index (χ1n) is 5.52. The molecular formula is C13H12N2O2S. The molecule has 0 aliphatic carbocycles. The fourth-order valence-electron chi connectivity index (χ4n) is 1.38. The number of nitrogens with zero attached hydrogens (tertiary/aromatic N) is 2. The van der Waals surface area contributed by atoms with E-state index in [1.165, 1.54) is 17.6 Å². The van der Waals surface area contributed by atoms with Gasteiger partial charge in [-0.3, -0.25) is 4.79 Å². The maximum Gasteiger partial charge on any atom is 0.185 e. The fraction of sp³-hybridized carbons (Fsp3) is 0.154. The van der Waals surface area contributed by atoms with Crippen LogP contribution in [-0.2, 0) is 0 Å². The molecule has 0 unspecified atom stereocenters. The third-order valence-electron chi connectivity index (χ3n) is 2.23. The Morgan fingerprint density at radius 2 is 2.17 bits per heavy atom. The van der Waals surface area contributed by atoms with Gasteiger partial charge in [-0.15, -0.1) is 5.10 Å². The van der Waals surface area contributed by atoms with Crippen LogP contribution in [0, 0.1) is 0 Å². The summed E-state index contributed by atoms with van der Waals surface area (Å²) in [5.41, 5.74) is 1.32. The van der Waals surface area contributed by atoms with Crippen molar-refractivity contribution in [2.75, 3.05) is 6.61 Å². The molecule has 5 heteroatoms. The molecule has 1 aromatic heterocycles. The number of ketones is 1. The summed E-state index contributed by atoms with van der Waals surface area (Å²) < 4.78 is 9.03. The maximum atomic E-state index is 11.8. The molecule has 0 bridgehead atoms. The highest BCUT2D eigenvalue weighted by atomic mass is 32.1. The molecule has 0 aliphatic heterocycles. The highest BCUT2D eigenvalue weighted by Crippen LogP contribution is 2.13. The second-order valence-electron chi connectivity index (χ2n) is 3.48. The SMILES string of the molecule is CCOc1ccc(C(=O)C=Cc2csnn2)cc1. The lowest BCUT2D eigenvalue weighted by molar-refractivity contribution is 0.104. The minimum Gasteiger partial charge on any atom is -0.494 e. The Labute approximate surface area is 109 Å². The maximum absolute atomic E-state index is 11.8. The minimum atomic E-state index is -0.0638. The summed E-state index contributed by atoms with van der Waals surface area (Å²) in [5, 5.41) is 5.61. The van der Waals surface area contributed by atoms with Crippen LogP contribution in [0.5, 0.6) is 5.75 Å². The largest absolute Gasteiger partial charge is 0.494 e. The van der Waals surface area contributed by atoms with E-state index < -0.39 is 0 Å². The molecule has 2 rings (SSSR count). The molecule has 0 spiro atoms. The normalized spacial score (nSPS) is 10.7. The second kappa shape index (κ2) is 6.07. The lowest BCUT2D eigenvalue weighted by atomic mass is 10.1. The number of rotatable bonds is 5. The number of carbonyl (C=O) groups excluding carboxylic acids is 1. The highest BCUT2D eigenvalue weighted by molar-refractivity contribution is 7.03. The lowest BCUT2D eigenvalue weighted by Gasteiger charge is -2.02. The van der Waals surface area contributed by atoms with Gasteiger partial charge in [0.05, 0.1) is 12.3 Å². The first-order valence-corrected chi connectivity index (χ1v) is 6.35. The quantitative estimate of drug-likeness (QED) is 0.612. The Morgan fingerprint density at radius 1 is 1.39 bits per heavy atom. The van der Waals surface area contributed by atoms with Crippen molar-refractivity contribution in [2.45, 2.75) is 6.92 Å². The van der Waals surface area contributed by atoms with E-state index in [2.05, 4.69) is 9.59 Å². The van der Waals surface area contributed by atoms with E-state index in [1.54, 1.807) is 35.7 Å². The highest BCUT2D eigenvalue weighted by Gasteiger charge is 2.02. The minimum absolute atomic E-state index is 0.0638. The Morgan fingerprint density at radius 3 is 2.78 bits per heavy atom.